The van der Waals surface area contributed by atoms with Crippen molar-refractivity contribution < 1.29 is 14.2 Å². The highest BCUT2D eigenvalue weighted by molar-refractivity contribution is 5.94. The smallest absolute Gasteiger partial charge is 0.132 e. The monoisotopic (exact) mass is 476 g/mol. The van der Waals surface area contributed by atoms with Gasteiger partial charge < -0.3 is 20.5 Å². The number of halogens is 1. The number of aliphatic hydroxyl groups is 1. The SMILES string of the molecule is CCC/C(CC)=C(\C=C/N)C(O)c1ccc(F)c(-c2ncnc3cc(N4CCOCC4)ccc23)c1. The fourth-order valence-electron chi connectivity index (χ4n) is 4.69. The molecule has 1 atom stereocenters. The predicted molar refractivity (Wildman–Crippen MR) is 138 cm³/mol. The number of allylic oxidation sites excluding steroid dienone is 1. The van der Waals surface area contributed by atoms with Crippen LogP contribution in [0.3, 0.4) is 0 Å². The molecule has 1 aromatic heterocycles. The molecule has 2 heterocycles. The lowest BCUT2D eigenvalue weighted by Crippen LogP contribution is -2.36. The van der Waals surface area contributed by atoms with E-state index in [1.165, 1.54) is 18.6 Å². The summed E-state index contributed by atoms with van der Waals surface area (Å²) in [6.45, 7) is 7.21. The van der Waals surface area contributed by atoms with Crippen molar-refractivity contribution in [3.8, 4) is 11.3 Å². The molecule has 6 nitrogen and oxygen atoms in total. The van der Waals surface area contributed by atoms with Gasteiger partial charge in [0.25, 0.3) is 0 Å². The third-order valence-corrected chi connectivity index (χ3v) is 6.51. The second kappa shape index (κ2) is 11.4. The van der Waals surface area contributed by atoms with E-state index in [4.69, 9.17) is 10.5 Å². The molecule has 0 spiro atoms. The zero-order chi connectivity index (χ0) is 24.8. The van der Waals surface area contributed by atoms with Crippen LogP contribution in [0.4, 0.5) is 10.1 Å². The van der Waals surface area contributed by atoms with Gasteiger partial charge in [-0.3, -0.25) is 0 Å². The number of anilines is 1. The first-order valence-corrected chi connectivity index (χ1v) is 12.2. The summed E-state index contributed by atoms with van der Waals surface area (Å²) < 4.78 is 20.6. The Hall–Kier alpha value is -3.29. The van der Waals surface area contributed by atoms with E-state index in [0.717, 1.165) is 60.1 Å². The van der Waals surface area contributed by atoms with Gasteiger partial charge in [0, 0.05) is 29.7 Å². The molecule has 3 N–H and O–H groups in total. The zero-order valence-electron chi connectivity index (χ0n) is 20.4. The Kier molecular flexibility index (Phi) is 8.10. The van der Waals surface area contributed by atoms with Gasteiger partial charge in [0.2, 0.25) is 0 Å². The molecule has 1 saturated heterocycles. The molecule has 0 saturated carbocycles. The number of aliphatic hydroxyl groups excluding tert-OH is 1. The van der Waals surface area contributed by atoms with Gasteiger partial charge in [0.05, 0.1) is 24.4 Å². The number of aromatic nitrogens is 2. The van der Waals surface area contributed by atoms with E-state index in [1.807, 2.05) is 18.2 Å². The second-order valence-corrected chi connectivity index (χ2v) is 8.69. The van der Waals surface area contributed by atoms with E-state index in [-0.39, 0.29) is 0 Å². The Balaban J connectivity index is 1.76. The molecule has 1 aliphatic heterocycles. The molecule has 0 aliphatic carbocycles. The van der Waals surface area contributed by atoms with Crippen molar-refractivity contribution in [1.82, 2.24) is 9.97 Å². The van der Waals surface area contributed by atoms with Crippen LogP contribution in [-0.2, 0) is 4.74 Å². The minimum absolute atomic E-state index is 0.331. The van der Waals surface area contributed by atoms with E-state index in [0.29, 0.717) is 30.0 Å². The molecule has 0 amide bonds. The van der Waals surface area contributed by atoms with Crippen molar-refractivity contribution in [1.29, 1.82) is 0 Å². The Morgan fingerprint density at radius 3 is 2.69 bits per heavy atom. The van der Waals surface area contributed by atoms with Crippen LogP contribution >= 0.6 is 0 Å². The number of rotatable bonds is 8. The maximum absolute atomic E-state index is 15.1. The molecular formula is C28H33FN4O2. The number of ether oxygens (including phenoxy) is 1. The Bertz CT molecular complexity index is 1230. The molecule has 4 rings (SSSR count). The Morgan fingerprint density at radius 1 is 1.17 bits per heavy atom. The number of benzene rings is 2. The maximum atomic E-state index is 15.1. The molecule has 1 unspecified atom stereocenters. The normalized spacial score (nSPS) is 16.1. The zero-order valence-corrected chi connectivity index (χ0v) is 20.4. The predicted octanol–water partition coefficient (Wildman–Crippen LogP) is 5.29. The van der Waals surface area contributed by atoms with Crippen molar-refractivity contribution >= 4 is 16.6 Å². The number of nitrogens with zero attached hydrogens (tertiary/aromatic N) is 3. The lowest BCUT2D eigenvalue weighted by Gasteiger charge is -2.29. The molecule has 3 aromatic rings. The van der Waals surface area contributed by atoms with Crippen LogP contribution < -0.4 is 10.6 Å². The molecule has 7 heteroatoms. The molecule has 2 aromatic carbocycles. The summed E-state index contributed by atoms with van der Waals surface area (Å²) in [4.78, 5) is 11.1. The van der Waals surface area contributed by atoms with Crippen molar-refractivity contribution in [3.05, 3.63) is 77.5 Å². The average Bonchev–Trinajstić information content (AvgIpc) is 2.90. The second-order valence-electron chi connectivity index (χ2n) is 8.69. The van der Waals surface area contributed by atoms with E-state index in [9.17, 15) is 5.11 Å². The highest BCUT2D eigenvalue weighted by Crippen LogP contribution is 2.34. The van der Waals surface area contributed by atoms with Crippen molar-refractivity contribution in [2.75, 3.05) is 31.2 Å². The van der Waals surface area contributed by atoms with E-state index < -0.39 is 11.9 Å². The molecule has 1 aliphatic rings. The Labute approximate surface area is 206 Å². The van der Waals surface area contributed by atoms with Gasteiger partial charge in [-0.05, 0) is 66.6 Å². The Morgan fingerprint density at radius 2 is 1.97 bits per heavy atom. The first kappa shape index (κ1) is 24.8. The highest BCUT2D eigenvalue weighted by atomic mass is 19.1. The molecule has 1 fully saturated rings. The maximum Gasteiger partial charge on any atom is 0.132 e. The van der Waals surface area contributed by atoms with E-state index in [2.05, 4.69) is 28.7 Å². The van der Waals surface area contributed by atoms with Crippen LogP contribution in [0.25, 0.3) is 22.2 Å². The summed E-state index contributed by atoms with van der Waals surface area (Å²) >= 11 is 0. The van der Waals surface area contributed by atoms with E-state index >= 15 is 4.39 Å². The minimum Gasteiger partial charge on any atom is -0.405 e. The molecule has 184 valence electrons. The highest BCUT2D eigenvalue weighted by Gasteiger charge is 2.20. The van der Waals surface area contributed by atoms with Crippen molar-refractivity contribution in [2.45, 2.75) is 39.2 Å². The fourth-order valence-corrected chi connectivity index (χ4v) is 4.69. The molecular weight excluding hydrogens is 443 g/mol. The van der Waals surface area contributed by atoms with Crippen LogP contribution in [0.1, 0.15) is 44.8 Å². The first-order chi connectivity index (χ1) is 17.1. The molecule has 0 bridgehead atoms. The number of hydrogen-bond donors (Lipinski definition) is 2. The summed E-state index contributed by atoms with van der Waals surface area (Å²) in [6.07, 6.45) is 6.36. The summed E-state index contributed by atoms with van der Waals surface area (Å²) in [5.41, 5.74) is 10.8. The molecule has 0 radical (unpaired) electrons. The standard InChI is InChI=1S/C28H33FN4O2/c1-3-5-19(4-2)22(10-11-30)28(34)20-6-9-25(29)24(16-20)27-23-8-7-21(17-26(23)31-18-32-27)33-12-14-35-15-13-33/h6-11,16-18,28,34H,3-5,12-15,30H2,1-2H3/b11-10-,22-19+. The number of morpholine rings is 1. The van der Waals surface area contributed by atoms with Gasteiger partial charge in [-0.1, -0.05) is 31.9 Å². The summed E-state index contributed by atoms with van der Waals surface area (Å²) in [7, 11) is 0. The number of fused-ring (bicyclic) bond motifs is 1. The summed E-state index contributed by atoms with van der Waals surface area (Å²) in [5.74, 6) is -0.401. The largest absolute Gasteiger partial charge is 0.405 e. The lowest BCUT2D eigenvalue weighted by atomic mass is 9.91. The topological polar surface area (TPSA) is 84.5 Å². The van der Waals surface area contributed by atoms with Crippen LogP contribution in [-0.4, -0.2) is 41.4 Å². The third kappa shape index (κ3) is 5.36. The number of nitrogens with two attached hydrogens (primary N) is 1. The van der Waals surface area contributed by atoms with Crippen LogP contribution in [0.15, 0.2) is 66.1 Å². The van der Waals surface area contributed by atoms with Crippen molar-refractivity contribution in [3.63, 3.8) is 0 Å². The fraction of sp³-hybridized carbons (Fsp3) is 0.357. The van der Waals surface area contributed by atoms with Crippen molar-refractivity contribution in [2.24, 2.45) is 5.73 Å². The van der Waals surface area contributed by atoms with Gasteiger partial charge in [0.1, 0.15) is 18.2 Å². The van der Waals surface area contributed by atoms with Gasteiger partial charge in [-0.25, -0.2) is 14.4 Å². The number of hydrogen-bond acceptors (Lipinski definition) is 6. The molecule has 35 heavy (non-hydrogen) atoms. The average molecular weight is 477 g/mol. The van der Waals surface area contributed by atoms with E-state index in [1.54, 1.807) is 18.2 Å². The third-order valence-electron chi connectivity index (χ3n) is 6.51. The van der Waals surface area contributed by atoms with Gasteiger partial charge in [-0.15, -0.1) is 0 Å². The van der Waals surface area contributed by atoms with Crippen LogP contribution in [0.2, 0.25) is 0 Å². The first-order valence-electron chi connectivity index (χ1n) is 12.2. The summed E-state index contributed by atoms with van der Waals surface area (Å²) in [6, 6.07) is 10.7. The van der Waals surface area contributed by atoms with Gasteiger partial charge >= 0.3 is 0 Å². The minimum atomic E-state index is -0.920. The lowest BCUT2D eigenvalue weighted by molar-refractivity contribution is 0.122. The van der Waals surface area contributed by atoms with Gasteiger partial charge in [0.15, 0.2) is 0 Å². The van der Waals surface area contributed by atoms with Gasteiger partial charge in [-0.2, -0.15) is 0 Å². The quantitative estimate of drug-likeness (QED) is 0.430. The van der Waals surface area contributed by atoms with Crippen LogP contribution in [0, 0.1) is 5.82 Å². The summed E-state index contributed by atoms with van der Waals surface area (Å²) in [5, 5.41) is 12.0. The van der Waals surface area contributed by atoms with Crippen LogP contribution in [0.5, 0.6) is 0 Å².